The van der Waals surface area contributed by atoms with E-state index in [-0.39, 0.29) is 11.0 Å². The van der Waals surface area contributed by atoms with Gasteiger partial charge in [-0.3, -0.25) is 4.79 Å². The summed E-state index contributed by atoms with van der Waals surface area (Å²) in [5, 5.41) is 0.231. The number of β-lactam (4-membered cyclic amide) rings is 1. The first-order valence-electron chi connectivity index (χ1n) is 6.53. The van der Waals surface area contributed by atoms with E-state index in [9.17, 15) is 4.79 Å². The lowest BCUT2D eigenvalue weighted by molar-refractivity contribution is -0.147. The Hall–Kier alpha value is -0.0231. The summed E-state index contributed by atoms with van der Waals surface area (Å²) in [5.74, 6) is 1.26. The maximum absolute atomic E-state index is 12.3. The lowest BCUT2D eigenvalue weighted by Crippen LogP contribution is -2.71. The molecule has 0 bridgehead atoms. The van der Waals surface area contributed by atoms with Crippen LogP contribution in [0, 0.1) is 5.92 Å². The molecule has 0 aromatic carbocycles. The molecule has 0 aromatic rings. The van der Waals surface area contributed by atoms with Gasteiger partial charge in [0.25, 0.3) is 0 Å². The van der Waals surface area contributed by atoms with Gasteiger partial charge in [-0.1, -0.05) is 33.9 Å². The van der Waals surface area contributed by atoms with Crippen LogP contribution in [-0.2, 0) is 4.79 Å². The van der Waals surface area contributed by atoms with Gasteiger partial charge in [0, 0.05) is 11.9 Å². The smallest absolute Gasteiger partial charge is 0.220 e. The van der Waals surface area contributed by atoms with Crippen LogP contribution in [-0.4, -0.2) is 30.6 Å². The maximum Gasteiger partial charge on any atom is 0.220 e. The molecule has 1 fully saturated rings. The van der Waals surface area contributed by atoms with Gasteiger partial charge >= 0.3 is 0 Å². The van der Waals surface area contributed by atoms with Crippen LogP contribution in [0.5, 0.6) is 0 Å². The lowest BCUT2D eigenvalue weighted by Gasteiger charge is -2.57. The molecule has 0 spiro atoms. The minimum atomic E-state index is -1.68. The highest BCUT2D eigenvalue weighted by Gasteiger charge is 2.54. The van der Waals surface area contributed by atoms with Crippen molar-refractivity contribution in [3.63, 3.8) is 0 Å². The molecule has 0 N–H and O–H groups in total. The maximum atomic E-state index is 12.3. The molecule has 1 saturated heterocycles. The summed E-state index contributed by atoms with van der Waals surface area (Å²) in [6.45, 7) is 13.6. The number of hydrogen-bond acceptors (Lipinski definition) is 1. The average molecular weight is 276 g/mol. The first-order chi connectivity index (χ1) is 7.64. The van der Waals surface area contributed by atoms with Crippen molar-refractivity contribution in [3.8, 4) is 0 Å². The molecule has 1 rings (SSSR count). The molecule has 1 heterocycles. The molecule has 100 valence electrons. The standard InChI is InChI=1S/C13H26ClNOSi/c1-10-11(8-7-9-14)12(16)15(10)17(5,6)13(2,3)4/h10-11H,7-9H2,1-6H3/t10-,11-/m0/s1. The number of nitrogens with zero attached hydrogens (tertiary/aromatic N) is 1. The van der Waals surface area contributed by atoms with Crippen LogP contribution >= 0.6 is 11.6 Å². The largest absolute Gasteiger partial charge is 0.366 e. The minimum absolute atomic E-state index is 0.225. The second-order valence-electron chi connectivity index (χ2n) is 6.70. The molecule has 17 heavy (non-hydrogen) atoms. The highest BCUT2D eigenvalue weighted by Crippen LogP contribution is 2.45. The number of alkyl halides is 1. The predicted octanol–water partition coefficient (Wildman–Crippen LogP) is 3.86. The highest BCUT2D eigenvalue weighted by atomic mass is 35.5. The van der Waals surface area contributed by atoms with Crippen molar-refractivity contribution in [1.82, 2.24) is 4.57 Å². The Bertz CT molecular complexity index is 298. The van der Waals surface area contributed by atoms with Crippen LogP contribution in [0.15, 0.2) is 0 Å². The third kappa shape index (κ3) is 2.55. The number of amides is 1. The first kappa shape index (κ1) is 15.0. The Morgan fingerprint density at radius 1 is 1.35 bits per heavy atom. The van der Waals surface area contributed by atoms with Crippen molar-refractivity contribution < 1.29 is 4.79 Å². The van der Waals surface area contributed by atoms with Gasteiger partial charge in [-0.2, -0.15) is 0 Å². The zero-order valence-electron chi connectivity index (χ0n) is 12.0. The Morgan fingerprint density at radius 3 is 2.24 bits per heavy atom. The van der Waals surface area contributed by atoms with E-state index in [1.165, 1.54) is 0 Å². The van der Waals surface area contributed by atoms with Crippen molar-refractivity contribution in [2.24, 2.45) is 5.92 Å². The molecule has 1 amide bonds. The summed E-state index contributed by atoms with van der Waals surface area (Å²) < 4.78 is 2.20. The van der Waals surface area contributed by atoms with Crippen molar-refractivity contribution in [2.45, 2.75) is 64.7 Å². The van der Waals surface area contributed by atoms with E-state index in [0.29, 0.717) is 17.8 Å². The Morgan fingerprint density at radius 2 is 1.88 bits per heavy atom. The third-order valence-electron chi connectivity index (χ3n) is 4.63. The van der Waals surface area contributed by atoms with Crippen molar-refractivity contribution >= 4 is 25.7 Å². The van der Waals surface area contributed by atoms with Gasteiger partial charge in [0.05, 0.1) is 5.92 Å². The van der Waals surface area contributed by atoms with Gasteiger partial charge in [-0.25, -0.2) is 0 Å². The number of hydrogen-bond donors (Lipinski definition) is 0. The molecule has 0 aliphatic carbocycles. The molecule has 1 aliphatic heterocycles. The van der Waals surface area contributed by atoms with Crippen LogP contribution in [0.4, 0.5) is 0 Å². The molecule has 2 atom stereocenters. The normalized spacial score (nSPS) is 26.1. The molecule has 0 unspecified atom stereocenters. The highest BCUT2D eigenvalue weighted by molar-refractivity contribution is 6.80. The minimum Gasteiger partial charge on any atom is -0.366 e. The van der Waals surface area contributed by atoms with Crippen LogP contribution < -0.4 is 0 Å². The number of halogens is 1. The van der Waals surface area contributed by atoms with Gasteiger partial charge in [0.15, 0.2) is 8.24 Å². The van der Waals surface area contributed by atoms with Crippen LogP contribution in [0.25, 0.3) is 0 Å². The van der Waals surface area contributed by atoms with E-state index in [1.54, 1.807) is 0 Å². The summed E-state index contributed by atoms with van der Waals surface area (Å²) >= 11 is 5.70. The molecule has 4 heteroatoms. The van der Waals surface area contributed by atoms with Crippen molar-refractivity contribution in [2.75, 3.05) is 5.88 Å². The zero-order valence-corrected chi connectivity index (χ0v) is 13.8. The van der Waals surface area contributed by atoms with E-state index in [2.05, 4.69) is 45.4 Å². The van der Waals surface area contributed by atoms with E-state index in [1.807, 2.05) is 0 Å². The van der Waals surface area contributed by atoms with Crippen molar-refractivity contribution in [3.05, 3.63) is 0 Å². The fourth-order valence-electron chi connectivity index (χ4n) is 2.49. The summed E-state index contributed by atoms with van der Waals surface area (Å²) in [6, 6.07) is 0.409. The molecule has 0 radical (unpaired) electrons. The SMILES string of the molecule is C[C@H]1[C@H](CCCCl)C(=O)N1[Si](C)(C)C(C)(C)C. The lowest BCUT2D eigenvalue weighted by atomic mass is 9.88. The first-order valence-corrected chi connectivity index (χ1v) is 10.0. The summed E-state index contributed by atoms with van der Waals surface area (Å²) in [5.41, 5.74) is 0. The van der Waals surface area contributed by atoms with E-state index >= 15 is 0 Å². The molecule has 0 aromatic heterocycles. The molecular weight excluding hydrogens is 250 g/mol. The third-order valence-corrected chi connectivity index (χ3v) is 10.4. The number of rotatable bonds is 4. The fourth-order valence-corrected chi connectivity index (χ4v) is 5.28. The molecule has 2 nitrogen and oxygen atoms in total. The Kier molecular flexibility index (Phi) is 4.36. The van der Waals surface area contributed by atoms with Crippen molar-refractivity contribution in [1.29, 1.82) is 0 Å². The second kappa shape index (κ2) is 4.92. The van der Waals surface area contributed by atoms with Gasteiger partial charge in [-0.05, 0) is 24.8 Å². The van der Waals surface area contributed by atoms with E-state index in [4.69, 9.17) is 11.6 Å². The molecule has 0 saturated carbocycles. The molecular formula is C13H26ClNOSi. The fraction of sp³-hybridized carbons (Fsp3) is 0.923. The van der Waals surface area contributed by atoms with Gasteiger partial charge in [0.1, 0.15) is 0 Å². The number of carbonyl (C=O) groups is 1. The quantitative estimate of drug-likeness (QED) is 0.433. The number of carbonyl (C=O) groups excluding carboxylic acids is 1. The topological polar surface area (TPSA) is 20.3 Å². The summed E-state index contributed by atoms with van der Waals surface area (Å²) in [4.78, 5) is 12.3. The van der Waals surface area contributed by atoms with Gasteiger partial charge in [-0.15, -0.1) is 11.6 Å². The zero-order chi connectivity index (χ0) is 13.4. The van der Waals surface area contributed by atoms with E-state index in [0.717, 1.165) is 12.8 Å². The van der Waals surface area contributed by atoms with Crippen LogP contribution in [0.3, 0.4) is 0 Å². The molecule has 1 aliphatic rings. The monoisotopic (exact) mass is 275 g/mol. The van der Waals surface area contributed by atoms with E-state index < -0.39 is 8.24 Å². The summed E-state index contributed by atoms with van der Waals surface area (Å²) in [6.07, 6.45) is 1.91. The average Bonchev–Trinajstić information content (AvgIpc) is 2.16. The summed E-state index contributed by atoms with van der Waals surface area (Å²) in [7, 11) is -1.68. The van der Waals surface area contributed by atoms with Crippen LogP contribution in [0.1, 0.15) is 40.5 Å². The Labute approximate surface area is 112 Å². The second-order valence-corrected chi connectivity index (χ2v) is 12.2. The van der Waals surface area contributed by atoms with Crippen LogP contribution in [0.2, 0.25) is 18.1 Å². The predicted molar refractivity (Wildman–Crippen MR) is 76.9 cm³/mol. The Balaban J connectivity index is 2.74. The van der Waals surface area contributed by atoms with Gasteiger partial charge < -0.3 is 4.57 Å². The van der Waals surface area contributed by atoms with Gasteiger partial charge in [0.2, 0.25) is 5.91 Å².